The van der Waals surface area contributed by atoms with Crippen LogP contribution in [-0.2, 0) is 9.53 Å². The molecule has 0 aromatic rings. The highest BCUT2D eigenvalue weighted by molar-refractivity contribution is 5.75. The predicted octanol–water partition coefficient (Wildman–Crippen LogP) is 2.63. The summed E-state index contributed by atoms with van der Waals surface area (Å²) in [6, 6.07) is 0. The normalized spacial score (nSPS) is 18.8. The molecule has 1 fully saturated rings. The van der Waals surface area contributed by atoms with Gasteiger partial charge in [-0.3, -0.25) is 9.69 Å². The van der Waals surface area contributed by atoms with E-state index < -0.39 is 5.41 Å². The molecule has 0 aromatic carbocycles. The predicted molar refractivity (Wildman–Crippen MR) is 87.4 cm³/mol. The first-order chi connectivity index (χ1) is 9.58. The molecule has 0 aliphatic carbocycles. The number of carbonyl (C=O) groups excluding carboxylic acids is 1. The fourth-order valence-electron chi connectivity index (χ4n) is 2.21. The van der Waals surface area contributed by atoms with Crippen LogP contribution in [-0.4, -0.2) is 61.6 Å². The van der Waals surface area contributed by atoms with E-state index in [0.717, 1.165) is 32.7 Å². The zero-order valence-electron chi connectivity index (χ0n) is 14.9. The van der Waals surface area contributed by atoms with Gasteiger partial charge in [0.25, 0.3) is 0 Å². The summed E-state index contributed by atoms with van der Waals surface area (Å²) in [6.07, 6.45) is 1.25. The summed E-state index contributed by atoms with van der Waals surface area (Å²) in [7, 11) is 0. The van der Waals surface area contributed by atoms with Crippen LogP contribution < -0.4 is 0 Å². The number of rotatable bonds is 5. The Kier molecular flexibility index (Phi) is 6.67. The number of hydrogen-bond donors (Lipinski definition) is 0. The molecular formula is C17H34N2O2. The molecule has 1 heterocycles. The molecule has 0 bridgehead atoms. The minimum absolute atomic E-state index is 0.105. The number of nitrogens with zero attached hydrogens (tertiary/aromatic N) is 2. The van der Waals surface area contributed by atoms with Crippen LogP contribution in [0.5, 0.6) is 0 Å². The minimum Gasteiger partial charge on any atom is -0.464 e. The minimum atomic E-state index is -0.397. The smallest absolute Gasteiger partial charge is 0.311 e. The topological polar surface area (TPSA) is 32.8 Å². The van der Waals surface area contributed by atoms with E-state index in [9.17, 15) is 4.79 Å². The highest BCUT2D eigenvalue weighted by Gasteiger charge is 2.23. The number of hydrogen-bond acceptors (Lipinski definition) is 4. The van der Waals surface area contributed by atoms with E-state index in [-0.39, 0.29) is 5.97 Å². The highest BCUT2D eigenvalue weighted by atomic mass is 16.5. The van der Waals surface area contributed by atoms with E-state index in [1.807, 2.05) is 20.8 Å². The van der Waals surface area contributed by atoms with E-state index in [1.54, 1.807) is 0 Å². The number of piperazine rings is 1. The third kappa shape index (κ3) is 7.82. The summed E-state index contributed by atoms with van der Waals surface area (Å²) in [5.74, 6) is -0.105. The van der Waals surface area contributed by atoms with Gasteiger partial charge in [-0.15, -0.1) is 0 Å². The lowest BCUT2D eigenvalue weighted by molar-refractivity contribution is -0.153. The van der Waals surface area contributed by atoms with E-state index >= 15 is 0 Å². The fraction of sp³-hybridized carbons (Fsp3) is 0.941. The molecule has 1 rings (SSSR count). The molecule has 1 saturated heterocycles. The molecule has 0 spiro atoms. The maximum Gasteiger partial charge on any atom is 0.311 e. The molecule has 4 nitrogen and oxygen atoms in total. The number of esters is 1. The van der Waals surface area contributed by atoms with Crippen molar-refractivity contribution in [3.8, 4) is 0 Å². The maximum absolute atomic E-state index is 11.7. The van der Waals surface area contributed by atoms with Crippen LogP contribution in [0.25, 0.3) is 0 Å². The summed E-state index contributed by atoms with van der Waals surface area (Å²) in [5, 5.41) is 0. The average Bonchev–Trinajstić information content (AvgIpc) is 2.35. The molecule has 0 aromatic heterocycles. The zero-order valence-corrected chi connectivity index (χ0v) is 14.9. The Labute approximate surface area is 130 Å². The molecular weight excluding hydrogens is 264 g/mol. The van der Waals surface area contributed by atoms with Crippen LogP contribution in [0.4, 0.5) is 0 Å². The molecule has 0 saturated carbocycles. The van der Waals surface area contributed by atoms with Crippen molar-refractivity contribution in [1.82, 2.24) is 9.80 Å². The van der Waals surface area contributed by atoms with Gasteiger partial charge in [-0.05, 0) is 39.2 Å². The first kappa shape index (κ1) is 18.4. The van der Waals surface area contributed by atoms with Gasteiger partial charge in [0.1, 0.15) is 6.61 Å². The molecule has 124 valence electrons. The number of ether oxygens (including phenoxy) is 1. The Bertz CT molecular complexity index is 321. The quantitative estimate of drug-likeness (QED) is 0.731. The lowest BCUT2D eigenvalue weighted by Crippen LogP contribution is -2.48. The lowest BCUT2D eigenvalue weighted by atomic mass is 9.92. The molecule has 0 atom stereocenters. The molecule has 1 aliphatic rings. The van der Waals surface area contributed by atoms with Gasteiger partial charge < -0.3 is 9.64 Å². The van der Waals surface area contributed by atoms with Gasteiger partial charge in [-0.25, -0.2) is 0 Å². The third-order valence-electron chi connectivity index (χ3n) is 3.90. The van der Waals surface area contributed by atoms with Crippen molar-refractivity contribution in [3.63, 3.8) is 0 Å². The van der Waals surface area contributed by atoms with Gasteiger partial charge in [0, 0.05) is 32.7 Å². The Morgan fingerprint density at radius 3 is 1.81 bits per heavy atom. The second-order valence-electron chi connectivity index (χ2n) is 8.38. The zero-order chi connectivity index (χ0) is 16.1. The fourth-order valence-corrected chi connectivity index (χ4v) is 2.21. The van der Waals surface area contributed by atoms with E-state index in [0.29, 0.717) is 12.0 Å². The molecule has 1 aliphatic heterocycles. The molecule has 0 N–H and O–H groups in total. The summed E-state index contributed by atoms with van der Waals surface area (Å²) < 4.78 is 5.33. The van der Waals surface area contributed by atoms with E-state index in [4.69, 9.17) is 4.74 Å². The van der Waals surface area contributed by atoms with Crippen molar-refractivity contribution >= 4 is 5.97 Å². The summed E-state index contributed by atoms with van der Waals surface area (Å²) in [6.45, 7) is 19.5. The highest BCUT2D eigenvalue weighted by Crippen LogP contribution is 2.19. The SMILES string of the molecule is CC(C)(C)CCN1CCN(CCOC(=O)C(C)(C)C)CC1. The summed E-state index contributed by atoms with van der Waals surface area (Å²) in [4.78, 5) is 16.6. The van der Waals surface area contributed by atoms with Gasteiger partial charge in [-0.2, -0.15) is 0 Å². The van der Waals surface area contributed by atoms with Crippen molar-refractivity contribution in [2.45, 2.75) is 48.0 Å². The second-order valence-corrected chi connectivity index (χ2v) is 8.38. The summed E-state index contributed by atoms with van der Waals surface area (Å²) in [5.41, 5.74) is 0.0178. The third-order valence-corrected chi connectivity index (χ3v) is 3.90. The van der Waals surface area contributed by atoms with Crippen molar-refractivity contribution in [1.29, 1.82) is 0 Å². The molecule has 0 unspecified atom stereocenters. The Hall–Kier alpha value is -0.610. The standard InChI is InChI=1S/C17H34N2O2/c1-16(2,3)7-8-18-9-11-19(12-10-18)13-14-21-15(20)17(4,5)6/h7-14H2,1-6H3. The lowest BCUT2D eigenvalue weighted by Gasteiger charge is -2.35. The van der Waals surface area contributed by atoms with Crippen molar-refractivity contribution < 1.29 is 9.53 Å². The summed E-state index contributed by atoms with van der Waals surface area (Å²) >= 11 is 0. The van der Waals surface area contributed by atoms with Crippen LogP contribution in [0.15, 0.2) is 0 Å². The van der Waals surface area contributed by atoms with Crippen LogP contribution in [0.1, 0.15) is 48.0 Å². The molecule has 21 heavy (non-hydrogen) atoms. The van der Waals surface area contributed by atoms with Gasteiger partial charge in [0.15, 0.2) is 0 Å². The first-order valence-corrected chi connectivity index (χ1v) is 8.20. The van der Waals surface area contributed by atoms with E-state index in [2.05, 4.69) is 30.6 Å². The van der Waals surface area contributed by atoms with Crippen molar-refractivity contribution in [3.05, 3.63) is 0 Å². The monoisotopic (exact) mass is 298 g/mol. The van der Waals surface area contributed by atoms with Crippen LogP contribution >= 0.6 is 0 Å². The van der Waals surface area contributed by atoms with Gasteiger partial charge >= 0.3 is 5.97 Å². The number of carbonyl (C=O) groups is 1. The Morgan fingerprint density at radius 1 is 0.905 bits per heavy atom. The molecule has 0 radical (unpaired) electrons. The maximum atomic E-state index is 11.7. The van der Waals surface area contributed by atoms with Crippen LogP contribution in [0.2, 0.25) is 0 Å². The Balaban J connectivity index is 2.15. The largest absolute Gasteiger partial charge is 0.464 e. The van der Waals surface area contributed by atoms with E-state index in [1.165, 1.54) is 13.0 Å². The molecule has 4 heteroatoms. The van der Waals surface area contributed by atoms with Crippen LogP contribution in [0, 0.1) is 10.8 Å². The van der Waals surface area contributed by atoms with Gasteiger partial charge in [-0.1, -0.05) is 20.8 Å². The van der Waals surface area contributed by atoms with Gasteiger partial charge in [0.2, 0.25) is 0 Å². The first-order valence-electron chi connectivity index (χ1n) is 8.20. The van der Waals surface area contributed by atoms with Crippen molar-refractivity contribution in [2.75, 3.05) is 45.9 Å². The van der Waals surface area contributed by atoms with Gasteiger partial charge in [0.05, 0.1) is 5.41 Å². The second kappa shape index (κ2) is 7.59. The average molecular weight is 298 g/mol. The van der Waals surface area contributed by atoms with Crippen LogP contribution in [0.3, 0.4) is 0 Å². The molecule has 0 amide bonds. The van der Waals surface area contributed by atoms with Crippen molar-refractivity contribution in [2.24, 2.45) is 10.8 Å². The Morgan fingerprint density at radius 2 is 1.38 bits per heavy atom.